The van der Waals surface area contributed by atoms with E-state index >= 15 is 0 Å². The van der Waals surface area contributed by atoms with Gasteiger partial charge in [-0.25, -0.2) is 4.39 Å². The number of nitro groups is 1. The number of nitro benzene ring substituents is 1. The summed E-state index contributed by atoms with van der Waals surface area (Å²) in [5, 5.41) is 16.9. The molecule has 4 rings (SSSR count). The zero-order valence-electron chi connectivity index (χ0n) is 23.7. The Bertz CT molecular complexity index is 1460. The lowest BCUT2D eigenvalue weighted by Gasteiger charge is -2.37. The second kappa shape index (κ2) is 14.1. The first-order valence-electron chi connectivity index (χ1n) is 13.8. The van der Waals surface area contributed by atoms with Gasteiger partial charge in [-0.15, -0.1) is 0 Å². The van der Waals surface area contributed by atoms with Crippen LogP contribution in [0.25, 0.3) is 0 Å². The average Bonchev–Trinajstić information content (AvgIpc) is 2.97. The summed E-state index contributed by atoms with van der Waals surface area (Å²) in [5.74, 6) is -1.38. The van der Waals surface area contributed by atoms with Gasteiger partial charge in [-0.1, -0.05) is 48.5 Å². The molecule has 0 spiro atoms. The number of benzene rings is 3. The highest BCUT2D eigenvalue weighted by molar-refractivity contribution is 5.93. The first-order chi connectivity index (χ1) is 20.5. The topological polar surface area (TPSA) is 90.8 Å². The number of rotatable bonds is 11. The van der Waals surface area contributed by atoms with Crippen molar-refractivity contribution in [2.45, 2.75) is 32.6 Å². The molecule has 3 aromatic carbocycles. The quantitative estimate of drug-likeness (QED) is 0.136. The van der Waals surface area contributed by atoms with E-state index in [0.29, 0.717) is 51.4 Å². The maximum atomic E-state index is 14.5. The van der Waals surface area contributed by atoms with Crippen LogP contribution in [0.1, 0.15) is 29.2 Å². The number of nitrogens with zero attached hydrogens (tertiary/aromatic N) is 3. The second-order valence-corrected chi connectivity index (χ2v) is 10.3. The molecule has 2 N–H and O–H groups in total. The summed E-state index contributed by atoms with van der Waals surface area (Å²) in [7, 11) is 0. The number of allylic oxidation sites excluding steroid dienone is 1. The Hall–Kier alpha value is -4.45. The Morgan fingerprint density at radius 3 is 2.28 bits per heavy atom. The fourth-order valence-electron chi connectivity index (χ4n) is 5.06. The van der Waals surface area contributed by atoms with E-state index in [1.807, 2.05) is 41.3 Å². The second-order valence-electron chi connectivity index (χ2n) is 10.3. The summed E-state index contributed by atoms with van der Waals surface area (Å²) in [6.07, 6.45) is -4.14. The molecule has 0 bridgehead atoms. The smallest absolute Gasteiger partial charge is 0.383 e. The third-order valence-electron chi connectivity index (χ3n) is 7.28. The molecule has 228 valence electrons. The lowest BCUT2D eigenvalue weighted by atomic mass is 10.1. The van der Waals surface area contributed by atoms with Crippen LogP contribution >= 0.6 is 0 Å². The van der Waals surface area contributed by atoms with E-state index in [-0.39, 0.29) is 11.4 Å². The molecular formula is C31H33F4N5O3. The van der Waals surface area contributed by atoms with Gasteiger partial charge in [0.25, 0.3) is 11.6 Å². The van der Waals surface area contributed by atoms with E-state index in [2.05, 4.69) is 15.5 Å². The minimum absolute atomic E-state index is 0.0127. The number of alkyl halides is 3. The van der Waals surface area contributed by atoms with E-state index in [1.54, 1.807) is 13.0 Å². The SMILES string of the molecule is C/C(NCc1c(F)cccc1C(F)(F)F)=C(/C(=O)NCCc1ccccc1)N1CCN(Cc2cccc([N+](=O)[O-])c2)CC1. The minimum Gasteiger partial charge on any atom is -0.383 e. The van der Waals surface area contributed by atoms with Crippen molar-refractivity contribution in [3.05, 3.63) is 122 Å². The van der Waals surface area contributed by atoms with Crippen LogP contribution < -0.4 is 10.6 Å². The van der Waals surface area contributed by atoms with Crippen LogP contribution in [-0.2, 0) is 30.5 Å². The van der Waals surface area contributed by atoms with Gasteiger partial charge >= 0.3 is 6.18 Å². The van der Waals surface area contributed by atoms with Crippen molar-refractivity contribution in [3.63, 3.8) is 0 Å². The molecular weight excluding hydrogens is 566 g/mol. The van der Waals surface area contributed by atoms with E-state index < -0.39 is 40.5 Å². The summed E-state index contributed by atoms with van der Waals surface area (Å²) in [5.41, 5.74) is 0.835. The summed E-state index contributed by atoms with van der Waals surface area (Å²) in [6, 6.07) is 18.8. The standard InChI is InChI=1S/C31H33F4N5O3/c1-22(37-20-26-27(31(33,34)35)11-6-12-28(26)32)29(30(41)36-14-13-23-7-3-2-4-8-23)39-17-15-38(16-18-39)21-24-9-5-10-25(19-24)40(42)43/h2-12,19,37H,13-18,20-21H2,1H3,(H,36,41)/b29-22+. The van der Waals surface area contributed by atoms with Gasteiger partial charge in [0.15, 0.2) is 0 Å². The monoisotopic (exact) mass is 599 g/mol. The molecule has 0 aromatic heterocycles. The molecule has 0 unspecified atom stereocenters. The maximum absolute atomic E-state index is 14.5. The molecule has 3 aromatic rings. The molecule has 0 saturated carbocycles. The molecule has 1 aliphatic rings. The third kappa shape index (κ3) is 8.54. The molecule has 43 heavy (non-hydrogen) atoms. The molecule has 1 fully saturated rings. The maximum Gasteiger partial charge on any atom is 0.416 e. The molecule has 1 amide bonds. The summed E-state index contributed by atoms with van der Waals surface area (Å²) in [4.78, 5) is 28.1. The Balaban J connectivity index is 1.49. The first-order valence-corrected chi connectivity index (χ1v) is 13.8. The number of nitrogens with one attached hydrogen (secondary N) is 2. The molecule has 0 radical (unpaired) electrons. The van der Waals surface area contributed by atoms with Gasteiger partial charge in [0.2, 0.25) is 0 Å². The summed E-state index contributed by atoms with van der Waals surface area (Å²) in [6.45, 7) is 3.92. The highest BCUT2D eigenvalue weighted by Gasteiger charge is 2.34. The molecule has 1 heterocycles. The van der Waals surface area contributed by atoms with Gasteiger partial charge in [0, 0.05) is 69.2 Å². The summed E-state index contributed by atoms with van der Waals surface area (Å²) < 4.78 is 55.1. The lowest BCUT2D eigenvalue weighted by Crippen LogP contribution is -2.49. The van der Waals surface area contributed by atoms with Crippen molar-refractivity contribution in [1.82, 2.24) is 20.4 Å². The zero-order valence-corrected chi connectivity index (χ0v) is 23.7. The fraction of sp³-hybridized carbons (Fsp3) is 0.323. The highest BCUT2D eigenvalue weighted by Crippen LogP contribution is 2.33. The number of amides is 1. The average molecular weight is 600 g/mol. The number of hydrogen-bond donors (Lipinski definition) is 2. The Labute approximate surface area is 247 Å². The van der Waals surface area contributed by atoms with Crippen LogP contribution in [0.2, 0.25) is 0 Å². The molecule has 1 aliphatic heterocycles. The molecule has 0 aliphatic carbocycles. The van der Waals surface area contributed by atoms with Gasteiger partial charge in [0.1, 0.15) is 11.5 Å². The largest absolute Gasteiger partial charge is 0.416 e. The van der Waals surface area contributed by atoms with E-state index in [0.717, 1.165) is 29.3 Å². The lowest BCUT2D eigenvalue weighted by molar-refractivity contribution is -0.384. The molecule has 0 atom stereocenters. The predicted molar refractivity (Wildman–Crippen MR) is 154 cm³/mol. The highest BCUT2D eigenvalue weighted by atomic mass is 19.4. The normalized spacial score (nSPS) is 14.7. The summed E-state index contributed by atoms with van der Waals surface area (Å²) >= 11 is 0. The number of piperazine rings is 1. The first kappa shape index (κ1) is 31.5. The fourth-order valence-corrected chi connectivity index (χ4v) is 5.06. The van der Waals surface area contributed by atoms with Crippen LogP contribution in [0.4, 0.5) is 23.2 Å². The van der Waals surface area contributed by atoms with Crippen LogP contribution in [0.3, 0.4) is 0 Å². The number of non-ortho nitro benzene ring substituents is 1. The predicted octanol–water partition coefficient (Wildman–Crippen LogP) is 5.25. The van der Waals surface area contributed by atoms with Crippen molar-refractivity contribution in [2.75, 3.05) is 32.7 Å². The molecule has 12 heteroatoms. The van der Waals surface area contributed by atoms with E-state index in [9.17, 15) is 32.5 Å². The van der Waals surface area contributed by atoms with Gasteiger partial charge in [-0.05, 0) is 36.6 Å². The van der Waals surface area contributed by atoms with Crippen molar-refractivity contribution < 1.29 is 27.3 Å². The minimum atomic E-state index is -4.73. The number of halogens is 4. The van der Waals surface area contributed by atoms with Gasteiger partial charge < -0.3 is 15.5 Å². The van der Waals surface area contributed by atoms with Crippen molar-refractivity contribution >= 4 is 11.6 Å². The molecule has 1 saturated heterocycles. The van der Waals surface area contributed by atoms with Crippen LogP contribution in [0, 0.1) is 15.9 Å². The van der Waals surface area contributed by atoms with Crippen LogP contribution in [0.5, 0.6) is 0 Å². The van der Waals surface area contributed by atoms with Gasteiger partial charge in [-0.2, -0.15) is 13.2 Å². The van der Waals surface area contributed by atoms with Crippen LogP contribution in [0.15, 0.2) is 84.2 Å². The number of hydrogen-bond acceptors (Lipinski definition) is 6. The van der Waals surface area contributed by atoms with Crippen molar-refractivity contribution in [1.29, 1.82) is 0 Å². The molecule has 8 nitrogen and oxygen atoms in total. The van der Waals surface area contributed by atoms with E-state index in [4.69, 9.17) is 0 Å². The number of carbonyl (C=O) groups excluding carboxylic acids is 1. The van der Waals surface area contributed by atoms with Crippen molar-refractivity contribution in [3.8, 4) is 0 Å². The van der Waals surface area contributed by atoms with Gasteiger partial charge in [0.05, 0.1) is 10.5 Å². The zero-order chi connectivity index (χ0) is 31.0. The van der Waals surface area contributed by atoms with Gasteiger partial charge in [-0.3, -0.25) is 19.8 Å². The van der Waals surface area contributed by atoms with Crippen LogP contribution in [-0.4, -0.2) is 53.4 Å². The Morgan fingerprint density at radius 1 is 0.930 bits per heavy atom. The van der Waals surface area contributed by atoms with E-state index in [1.165, 1.54) is 12.1 Å². The van der Waals surface area contributed by atoms with Crippen molar-refractivity contribution in [2.24, 2.45) is 0 Å². The third-order valence-corrected chi connectivity index (χ3v) is 7.28. The Morgan fingerprint density at radius 2 is 1.60 bits per heavy atom. The number of carbonyl (C=O) groups is 1. The Kier molecular flexibility index (Phi) is 10.4.